The first kappa shape index (κ1) is 17.0. The van der Waals surface area contributed by atoms with Gasteiger partial charge in [-0.2, -0.15) is 0 Å². The van der Waals surface area contributed by atoms with E-state index in [1.54, 1.807) is 0 Å². The van der Waals surface area contributed by atoms with E-state index in [0.29, 0.717) is 5.41 Å². The van der Waals surface area contributed by atoms with Crippen LogP contribution < -0.4 is 5.32 Å². The van der Waals surface area contributed by atoms with Gasteiger partial charge in [0.2, 0.25) is 0 Å². The molecule has 0 amide bonds. The average Bonchev–Trinajstić information content (AvgIpc) is 2.54. The Morgan fingerprint density at radius 2 is 1.68 bits per heavy atom. The van der Waals surface area contributed by atoms with Gasteiger partial charge in [-0.1, -0.05) is 53.4 Å². The van der Waals surface area contributed by atoms with Crippen LogP contribution in [0.25, 0.3) is 0 Å². The van der Waals surface area contributed by atoms with Gasteiger partial charge in [0.15, 0.2) is 0 Å². The van der Waals surface area contributed by atoms with E-state index in [1.165, 1.54) is 44.9 Å². The van der Waals surface area contributed by atoms with Gasteiger partial charge < -0.3 is 10.1 Å². The Morgan fingerprint density at radius 3 is 2.21 bits per heavy atom. The van der Waals surface area contributed by atoms with Crippen LogP contribution in [-0.2, 0) is 4.74 Å². The van der Waals surface area contributed by atoms with Crippen molar-refractivity contribution in [1.82, 2.24) is 5.32 Å². The van der Waals surface area contributed by atoms with Gasteiger partial charge in [0.1, 0.15) is 0 Å². The maximum atomic E-state index is 6.41. The van der Waals surface area contributed by atoms with Crippen molar-refractivity contribution >= 4 is 0 Å². The van der Waals surface area contributed by atoms with Crippen molar-refractivity contribution in [2.45, 2.75) is 84.7 Å². The summed E-state index contributed by atoms with van der Waals surface area (Å²) in [7, 11) is 0. The molecule has 0 atom stereocenters. The second-order valence-electron chi connectivity index (χ2n) is 7.43. The Hall–Kier alpha value is -0.0800. The van der Waals surface area contributed by atoms with Gasteiger partial charge in [-0.05, 0) is 37.6 Å². The van der Waals surface area contributed by atoms with E-state index < -0.39 is 0 Å². The third-order valence-corrected chi connectivity index (χ3v) is 4.15. The molecule has 0 aromatic rings. The fraction of sp³-hybridized carbons (Fsp3) is 1.00. The first-order valence-corrected chi connectivity index (χ1v) is 8.32. The lowest BCUT2D eigenvalue weighted by Gasteiger charge is -2.34. The highest BCUT2D eigenvalue weighted by molar-refractivity contribution is 4.86. The summed E-state index contributed by atoms with van der Waals surface area (Å²) in [5.74, 6) is 0. The van der Waals surface area contributed by atoms with Crippen molar-refractivity contribution in [3.8, 4) is 0 Å². The topological polar surface area (TPSA) is 21.3 Å². The molecule has 0 unspecified atom stereocenters. The molecule has 0 aromatic carbocycles. The fourth-order valence-corrected chi connectivity index (χ4v) is 2.81. The Bertz CT molecular complexity index is 224. The van der Waals surface area contributed by atoms with Gasteiger partial charge in [0.05, 0.1) is 5.60 Å². The van der Waals surface area contributed by atoms with E-state index in [1.807, 2.05) is 0 Å². The molecule has 1 aliphatic rings. The van der Waals surface area contributed by atoms with Crippen LogP contribution in [0.3, 0.4) is 0 Å². The summed E-state index contributed by atoms with van der Waals surface area (Å²) in [6.07, 6.45) is 10.3. The second kappa shape index (κ2) is 8.26. The molecule has 0 saturated heterocycles. The van der Waals surface area contributed by atoms with Gasteiger partial charge in [0, 0.05) is 13.2 Å². The van der Waals surface area contributed by atoms with Crippen LogP contribution in [0.5, 0.6) is 0 Å². The third-order valence-electron chi connectivity index (χ3n) is 4.15. The van der Waals surface area contributed by atoms with Crippen molar-refractivity contribution in [2.24, 2.45) is 5.41 Å². The highest BCUT2D eigenvalue weighted by atomic mass is 16.5. The Balaban J connectivity index is 2.47. The van der Waals surface area contributed by atoms with Gasteiger partial charge >= 0.3 is 0 Å². The van der Waals surface area contributed by atoms with E-state index >= 15 is 0 Å². The first-order chi connectivity index (χ1) is 8.97. The van der Waals surface area contributed by atoms with Crippen LogP contribution in [-0.4, -0.2) is 25.3 Å². The van der Waals surface area contributed by atoms with E-state index in [0.717, 1.165) is 26.1 Å². The minimum atomic E-state index is 0.122. The highest BCUT2D eigenvalue weighted by Crippen LogP contribution is 2.31. The molecule has 0 radical (unpaired) electrons. The van der Waals surface area contributed by atoms with Crippen molar-refractivity contribution < 1.29 is 4.74 Å². The standard InChI is InChI=1S/C17H35NO/c1-5-13-18-15-17(10-8-6-7-9-11-17)19-14-12-16(2,3)4/h18H,5-15H2,1-4H3. The number of nitrogens with one attached hydrogen (secondary N) is 1. The molecule has 0 bridgehead atoms. The lowest BCUT2D eigenvalue weighted by molar-refractivity contribution is -0.0624. The predicted octanol–water partition coefficient (Wildman–Crippen LogP) is 4.53. The van der Waals surface area contributed by atoms with E-state index in [4.69, 9.17) is 4.74 Å². The molecule has 19 heavy (non-hydrogen) atoms. The van der Waals surface area contributed by atoms with Crippen LogP contribution in [0.2, 0.25) is 0 Å². The summed E-state index contributed by atoms with van der Waals surface area (Å²) in [6, 6.07) is 0. The summed E-state index contributed by atoms with van der Waals surface area (Å²) in [5.41, 5.74) is 0.500. The first-order valence-electron chi connectivity index (χ1n) is 8.32. The summed E-state index contributed by atoms with van der Waals surface area (Å²) in [6.45, 7) is 12.2. The second-order valence-corrected chi connectivity index (χ2v) is 7.43. The van der Waals surface area contributed by atoms with Crippen molar-refractivity contribution in [2.75, 3.05) is 19.7 Å². The quantitative estimate of drug-likeness (QED) is 0.541. The molecule has 0 heterocycles. The summed E-state index contributed by atoms with van der Waals surface area (Å²) < 4.78 is 6.41. The van der Waals surface area contributed by atoms with Crippen molar-refractivity contribution in [1.29, 1.82) is 0 Å². The zero-order chi connectivity index (χ0) is 14.2. The molecule has 1 rings (SSSR count). The molecule has 114 valence electrons. The Kier molecular flexibility index (Phi) is 7.38. The lowest BCUT2D eigenvalue weighted by atomic mass is 9.91. The molecule has 0 aliphatic heterocycles. The predicted molar refractivity (Wildman–Crippen MR) is 83.6 cm³/mol. The molecule has 2 nitrogen and oxygen atoms in total. The fourth-order valence-electron chi connectivity index (χ4n) is 2.81. The summed E-state index contributed by atoms with van der Waals surface area (Å²) in [5, 5.41) is 3.60. The van der Waals surface area contributed by atoms with Gasteiger partial charge in [0.25, 0.3) is 0 Å². The Morgan fingerprint density at radius 1 is 1.05 bits per heavy atom. The number of hydrogen-bond donors (Lipinski definition) is 1. The minimum Gasteiger partial charge on any atom is -0.374 e. The molecule has 1 fully saturated rings. The normalized spacial score (nSPS) is 20.2. The van der Waals surface area contributed by atoms with Crippen LogP contribution in [0, 0.1) is 5.41 Å². The van der Waals surface area contributed by atoms with E-state index in [-0.39, 0.29) is 5.60 Å². The smallest absolute Gasteiger partial charge is 0.0806 e. The van der Waals surface area contributed by atoms with E-state index in [9.17, 15) is 0 Å². The lowest BCUT2D eigenvalue weighted by Crippen LogP contribution is -2.43. The van der Waals surface area contributed by atoms with Gasteiger partial charge in [-0.15, -0.1) is 0 Å². The molecule has 1 saturated carbocycles. The molecular formula is C17H35NO. The highest BCUT2D eigenvalue weighted by Gasteiger charge is 2.31. The number of ether oxygens (including phenoxy) is 1. The van der Waals surface area contributed by atoms with Gasteiger partial charge in [-0.25, -0.2) is 0 Å². The number of rotatable bonds is 7. The largest absolute Gasteiger partial charge is 0.374 e. The van der Waals surface area contributed by atoms with Crippen LogP contribution in [0.15, 0.2) is 0 Å². The maximum absolute atomic E-state index is 6.41. The molecule has 1 aliphatic carbocycles. The van der Waals surface area contributed by atoms with Crippen molar-refractivity contribution in [3.63, 3.8) is 0 Å². The Labute approximate surface area is 120 Å². The van der Waals surface area contributed by atoms with Crippen molar-refractivity contribution in [3.05, 3.63) is 0 Å². The monoisotopic (exact) mass is 269 g/mol. The van der Waals surface area contributed by atoms with Crippen LogP contribution >= 0.6 is 0 Å². The molecular weight excluding hydrogens is 234 g/mol. The molecule has 2 heteroatoms. The summed E-state index contributed by atoms with van der Waals surface area (Å²) >= 11 is 0. The SMILES string of the molecule is CCCNCC1(OCCC(C)(C)C)CCCCCC1. The maximum Gasteiger partial charge on any atom is 0.0806 e. The van der Waals surface area contributed by atoms with Crippen LogP contribution in [0.4, 0.5) is 0 Å². The zero-order valence-electron chi connectivity index (χ0n) is 13.7. The minimum absolute atomic E-state index is 0.122. The zero-order valence-corrected chi connectivity index (χ0v) is 13.7. The van der Waals surface area contributed by atoms with Crippen LogP contribution in [0.1, 0.15) is 79.1 Å². The molecule has 0 aromatic heterocycles. The molecule has 0 spiro atoms. The third kappa shape index (κ3) is 7.31. The average molecular weight is 269 g/mol. The van der Waals surface area contributed by atoms with Gasteiger partial charge in [-0.3, -0.25) is 0 Å². The molecule has 1 N–H and O–H groups in total. The number of hydrogen-bond acceptors (Lipinski definition) is 2. The van der Waals surface area contributed by atoms with E-state index in [2.05, 4.69) is 33.0 Å². The summed E-state index contributed by atoms with van der Waals surface area (Å²) in [4.78, 5) is 0.